The molecule has 0 unspecified atom stereocenters. The van der Waals surface area contributed by atoms with Crippen molar-refractivity contribution in [2.24, 2.45) is 0 Å². The molecule has 0 aromatic rings. The van der Waals surface area contributed by atoms with Crippen molar-refractivity contribution in [2.45, 2.75) is 33.1 Å². The minimum absolute atomic E-state index is 0.180. The summed E-state index contributed by atoms with van der Waals surface area (Å²) in [4.78, 5) is 22.3. The van der Waals surface area contributed by atoms with Crippen molar-refractivity contribution in [1.82, 2.24) is 10.0 Å². The van der Waals surface area contributed by atoms with Crippen LogP contribution in [0.25, 0.3) is 0 Å². The average Bonchev–Trinajstić information content (AvgIpc) is 2.14. The Hall–Kier alpha value is -0.900. The number of carbonyl (C=O) groups excluding carboxylic acids is 2. The SMILES string of the molecule is CCN1C(=O)CCCN1CCC(C)=O. The van der Waals surface area contributed by atoms with Crippen molar-refractivity contribution in [3.05, 3.63) is 0 Å². The third-order valence-corrected chi connectivity index (χ3v) is 2.46. The Balaban J connectivity index is 2.47. The number of nitrogens with zero attached hydrogens (tertiary/aromatic N) is 2. The van der Waals surface area contributed by atoms with E-state index in [4.69, 9.17) is 0 Å². The quantitative estimate of drug-likeness (QED) is 0.671. The number of hydrogen-bond acceptors (Lipinski definition) is 3. The zero-order valence-electron chi connectivity index (χ0n) is 8.95. The van der Waals surface area contributed by atoms with Crippen LogP contribution < -0.4 is 0 Å². The zero-order valence-corrected chi connectivity index (χ0v) is 8.95. The van der Waals surface area contributed by atoms with Crippen molar-refractivity contribution in [3.63, 3.8) is 0 Å². The van der Waals surface area contributed by atoms with Gasteiger partial charge in [0.25, 0.3) is 0 Å². The molecule has 4 nitrogen and oxygen atoms in total. The summed E-state index contributed by atoms with van der Waals surface area (Å²) in [5.74, 6) is 0.362. The summed E-state index contributed by atoms with van der Waals surface area (Å²) < 4.78 is 0. The van der Waals surface area contributed by atoms with Gasteiger partial charge in [-0.3, -0.25) is 14.6 Å². The highest BCUT2D eigenvalue weighted by Gasteiger charge is 2.23. The molecule has 1 amide bonds. The third-order valence-electron chi connectivity index (χ3n) is 2.46. The van der Waals surface area contributed by atoms with E-state index in [0.717, 1.165) is 13.0 Å². The fraction of sp³-hybridized carbons (Fsp3) is 0.800. The van der Waals surface area contributed by atoms with E-state index in [1.807, 2.05) is 11.9 Å². The number of rotatable bonds is 4. The molecule has 4 heteroatoms. The second-order valence-corrected chi connectivity index (χ2v) is 3.62. The Labute approximate surface area is 84.8 Å². The van der Waals surface area contributed by atoms with Crippen LogP contribution in [-0.2, 0) is 9.59 Å². The molecule has 1 saturated heterocycles. The molecular weight excluding hydrogens is 180 g/mol. The zero-order chi connectivity index (χ0) is 10.6. The largest absolute Gasteiger partial charge is 0.300 e. The molecule has 1 aliphatic heterocycles. The van der Waals surface area contributed by atoms with E-state index in [2.05, 4.69) is 0 Å². The van der Waals surface area contributed by atoms with Crippen molar-refractivity contribution in [3.8, 4) is 0 Å². The molecule has 0 spiro atoms. The molecular formula is C10H18N2O2. The third kappa shape index (κ3) is 2.80. The molecule has 0 N–H and O–H groups in total. The predicted molar refractivity (Wildman–Crippen MR) is 53.5 cm³/mol. The van der Waals surface area contributed by atoms with Gasteiger partial charge < -0.3 is 0 Å². The maximum atomic E-state index is 11.5. The van der Waals surface area contributed by atoms with Gasteiger partial charge in [0, 0.05) is 32.5 Å². The molecule has 0 aromatic heterocycles. The summed E-state index contributed by atoms with van der Waals surface area (Å²) in [7, 11) is 0. The van der Waals surface area contributed by atoms with Crippen LogP contribution in [0.4, 0.5) is 0 Å². The van der Waals surface area contributed by atoms with Gasteiger partial charge in [0.15, 0.2) is 0 Å². The van der Waals surface area contributed by atoms with Crippen LogP contribution >= 0.6 is 0 Å². The first kappa shape index (κ1) is 11.2. The van der Waals surface area contributed by atoms with Gasteiger partial charge in [0.05, 0.1) is 0 Å². The van der Waals surface area contributed by atoms with Crippen molar-refractivity contribution < 1.29 is 9.59 Å². The lowest BCUT2D eigenvalue weighted by Crippen LogP contribution is -2.50. The molecule has 0 atom stereocenters. The number of Topliss-reactive ketones (excluding diaryl/α,β-unsaturated/α-hetero) is 1. The van der Waals surface area contributed by atoms with Crippen LogP contribution in [0.3, 0.4) is 0 Å². The number of amides is 1. The summed E-state index contributed by atoms with van der Waals surface area (Å²) >= 11 is 0. The van der Waals surface area contributed by atoms with Gasteiger partial charge in [-0.2, -0.15) is 0 Å². The van der Waals surface area contributed by atoms with Crippen molar-refractivity contribution in [1.29, 1.82) is 0 Å². The summed E-state index contributed by atoms with van der Waals surface area (Å²) in [6.07, 6.45) is 2.08. The number of ketones is 1. The Morgan fingerprint density at radius 3 is 2.79 bits per heavy atom. The van der Waals surface area contributed by atoms with Crippen LogP contribution in [0.5, 0.6) is 0 Å². The molecule has 80 valence electrons. The molecule has 1 fully saturated rings. The monoisotopic (exact) mass is 198 g/mol. The smallest absolute Gasteiger partial charge is 0.236 e. The van der Waals surface area contributed by atoms with Crippen LogP contribution in [0, 0.1) is 0 Å². The second-order valence-electron chi connectivity index (χ2n) is 3.62. The van der Waals surface area contributed by atoms with Gasteiger partial charge in [0.2, 0.25) is 5.91 Å². The van der Waals surface area contributed by atoms with Gasteiger partial charge in [0.1, 0.15) is 5.78 Å². The lowest BCUT2D eigenvalue weighted by atomic mass is 10.2. The van der Waals surface area contributed by atoms with Crippen molar-refractivity contribution in [2.75, 3.05) is 19.6 Å². The first-order valence-corrected chi connectivity index (χ1v) is 5.19. The van der Waals surface area contributed by atoms with E-state index >= 15 is 0 Å². The summed E-state index contributed by atoms with van der Waals surface area (Å²) in [5, 5.41) is 3.75. The molecule has 1 aliphatic rings. The van der Waals surface area contributed by atoms with Gasteiger partial charge in [-0.15, -0.1) is 0 Å². The van der Waals surface area contributed by atoms with Crippen LogP contribution in [0.15, 0.2) is 0 Å². The molecule has 0 aromatic carbocycles. The molecule has 1 rings (SSSR count). The Kier molecular flexibility index (Phi) is 4.07. The summed E-state index contributed by atoms with van der Waals surface area (Å²) in [6, 6.07) is 0. The van der Waals surface area contributed by atoms with Gasteiger partial charge >= 0.3 is 0 Å². The fourth-order valence-electron chi connectivity index (χ4n) is 1.72. The Bertz CT molecular complexity index is 228. The maximum Gasteiger partial charge on any atom is 0.236 e. The second kappa shape index (κ2) is 5.10. The molecule has 0 saturated carbocycles. The van der Waals surface area contributed by atoms with E-state index in [1.165, 1.54) is 0 Å². The average molecular weight is 198 g/mol. The van der Waals surface area contributed by atoms with Gasteiger partial charge in [-0.05, 0) is 20.3 Å². The van der Waals surface area contributed by atoms with E-state index in [1.54, 1.807) is 11.9 Å². The topological polar surface area (TPSA) is 40.6 Å². The Morgan fingerprint density at radius 1 is 1.50 bits per heavy atom. The van der Waals surface area contributed by atoms with E-state index < -0.39 is 0 Å². The summed E-state index contributed by atoms with van der Waals surface area (Å²) in [6.45, 7) is 5.82. The molecule has 1 heterocycles. The van der Waals surface area contributed by atoms with Crippen LogP contribution in [0.2, 0.25) is 0 Å². The predicted octanol–water partition coefficient (Wildman–Crippen LogP) is 0.825. The molecule has 0 bridgehead atoms. The minimum atomic E-state index is 0.180. The highest BCUT2D eigenvalue weighted by atomic mass is 16.2. The standard InChI is InChI=1S/C10H18N2O2/c1-3-12-10(14)5-4-7-11(12)8-6-9(2)13/h3-8H2,1-2H3. The highest BCUT2D eigenvalue weighted by molar-refractivity contribution is 5.77. The first-order chi connectivity index (χ1) is 6.65. The van der Waals surface area contributed by atoms with Crippen LogP contribution in [-0.4, -0.2) is 41.3 Å². The fourth-order valence-corrected chi connectivity index (χ4v) is 1.72. The number of hydrogen-bond donors (Lipinski definition) is 0. The minimum Gasteiger partial charge on any atom is -0.300 e. The van der Waals surface area contributed by atoms with Gasteiger partial charge in [-0.1, -0.05) is 0 Å². The molecule has 0 radical (unpaired) electrons. The number of carbonyl (C=O) groups is 2. The van der Waals surface area contributed by atoms with Gasteiger partial charge in [-0.25, -0.2) is 5.01 Å². The van der Waals surface area contributed by atoms with E-state index in [9.17, 15) is 9.59 Å². The van der Waals surface area contributed by atoms with E-state index in [-0.39, 0.29) is 11.7 Å². The highest BCUT2D eigenvalue weighted by Crippen LogP contribution is 2.12. The molecule has 0 aliphatic carbocycles. The van der Waals surface area contributed by atoms with Crippen LogP contribution in [0.1, 0.15) is 33.1 Å². The lowest BCUT2D eigenvalue weighted by molar-refractivity contribution is -0.155. The van der Waals surface area contributed by atoms with E-state index in [0.29, 0.717) is 25.9 Å². The normalized spacial score (nSPS) is 18.7. The molecule has 14 heavy (non-hydrogen) atoms. The number of hydrazine groups is 1. The summed E-state index contributed by atoms with van der Waals surface area (Å²) in [5.41, 5.74) is 0. The Morgan fingerprint density at radius 2 is 2.21 bits per heavy atom. The van der Waals surface area contributed by atoms with Crippen molar-refractivity contribution >= 4 is 11.7 Å². The first-order valence-electron chi connectivity index (χ1n) is 5.19. The maximum absolute atomic E-state index is 11.5. The lowest BCUT2D eigenvalue weighted by Gasteiger charge is -2.37.